The topological polar surface area (TPSA) is 0 Å². The molecule has 0 aliphatic heterocycles. The van der Waals surface area contributed by atoms with Gasteiger partial charge in [0.15, 0.2) is 0 Å². The zero-order valence-electron chi connectivity index (χ0n) is 8.51. The van der Waals surface area contributed by atoms with Crippen molar-refractivity contribution in [2.45, 2.75) is 11.8 Å². The van der Waals surface area contributed by atoms with Crippen molar-refractivity contribution in [3.63, 3.8) is 0 Å². The molecule has 1 heterocycles. The summed E-state index contributed by atoms with van der Waals surface area (Å²) in [5.41, 5.74) is 2.38. The molecule has 1 atom stereocenters. The van der Waals surface area contributed by atoms with E-state index in [4.69, 9.17) is 11.6 Å². The van der Waals surface area contributed by atoms with Gasteiger partial charge in [0.2, 0.25) is 0 Å². The maximum Gasteiger partial charge on any atom is 0.0960 e. The smallest absolute Gasteiger partial charge is 0.0960 e. The Morgan fingerprint density at radius 1 is 1.25 bits per heavy atom. The number of rotatable bonds is 2. The first-order valence-electron chi connectivity index (χ1n) is 4.73. The van der Waals surface area contributed by atoms with Gasteiger partial charge in [-0.15, -0.1) is 11.3 Å². The van der Waals surface area contributed by atoms with Gasteiger partial charge < -0.3 is 0 Å². The lowest BCUT2D eigenvalue weighted by atomic mass is 10.1. The van der Waals surface area contributed by atoms with Crippen LogP contribution in [0.1, 0.15) is 20.8 Å². The zero-order valence-corrected chi connectivity index (χ0v) is 13.3. The lowest BCUT2D eigenvalue weighted by molar-refractivity contribution is 1.22. The van der Waals surface area contributed by atoms with Crippen LogP contribution in [0.2, 0.25) is 4.34 Å². The van der Waals surface area contributed by atoms with E-state index in [0.717, 1.165) is 14.4 Å². The molecular weight excluding hydrogens is 371 g/mol. The second kappa shape index (κ2) is 5.21. The van der Waals surface area contributed by atoms with Gasteiger partial charge in [0, 0.05) is 9.35 Å². The highest BCUT2D eigenvalue weighted by Crippen LogP contribution is 2.39. The molecule has 0 bridgehead atoms. The summed E-state index contributed by atoms with van der Waals surface area (Å²) in [6.07, 6.45) is 0. The summed E-state index contributed by atoms with van der Waals surface area (Å²) in [6.45, 7) is 2.03. The molecule has 2 aromatic rings. The van der Waals surface area contributed by atoms with Gasteiger partial charge in [-0.25, -0.2) is 0 Å². The quantitative estimate of drug-likeness (QED) is 0.564. The van der Waals surface area contributed by atoms with Gasteiger partial charge >= 0.3 is 0 Å². The monoisotopic (exact) mass is 378 g/mol. The van der Waals surface area contributed by atoms with Crippen LogP contribution >= 0.6 is 54.8 Å². The predicted octanol–water partition coefficient (Wildman–Crippen LogP) is 5.96. The van der Waals surface area contributed by atoms with Crippen molar-refractivity contribution < 1.29 is 0 Å². The van der Waals surface area contributed by atoms with Crippen LogP contribution in [0.25, 0.3) is 0 Å². The molecule has 0 saturated heterocycles. The van der Waals surface area contributed by atoms with E-state index in [1.807, 2.05) is 19.1 Å². The molecule has 1 unspecified atom stereocenters. The van der Waals surface area contributed by atoms with Crippen molar-refractivity contribution in [2.24, 2.45) is 0 Å². The Labute approximate surface area is 121 Å². The van der Waals surface area contributed by atoms with Crippen molar-refractivity contribution in [3.05, 3.63) is 55.1 Å². The van der Waals surface area contributed by atoms with E-state index in [2.05, 4.69) is 50.1 Å². The minimum absolute atomic E-state index is 0.219. The fourth-order valence-corrected chi connectivity index (χ4v) is 3.61. The lowest BCUT2D eigenvalue weighted by Gasteiger charge is -2.07. The Balaban J connectivity index is 2.31. The summed E-state index contributed by atoms with van der Waals surface area (Å²) in [5, 5.41) is 0. The molecule has 2 rings (SSSR count). The fraction of sp³-hybridized carbons (Fsp3) is 0.167. The highest BCUT2D eigenvalue weighted by Gasteiger charge is 2.14. The first-order chi connectivity index (χ1) is 7.58. The SMILES string of the molecule is Cc1cc(C(Br)c2ccc(Br)cc2)sc1Cl. The van der Waals surface area contributed by atoms with Crippen molar-refractivity contribution in [1.29, 1.82) is 0 Å². The summed E-state index contributed by atoms with van der Waals surface area (Å²) in [6, 6.07) is 10.4. The van der Waals surface area contributed by atoms with E-state index in [9.17, 15) is 0 Å². The Kier molecular flexibility index (Phi) is 4.11. The highest BCUT2D eigenvalue weighted by atomic mass is 79.9. The number of hydrogen-bond donors (Lipinski definition) is 0. The van der Waals surface area contributed by atoms with Gasteiger partial charge in [-0.2, -0.15) is 0 Å². The molecule has 0 amide bonds. The average molecular weight is 381 g/mol. The van der Waals surface area contributed by atoms with Gasteiger partial charge in [-0.3, -0.25) is 0 Å². The zero-order chi connectivity index (χ0) is 11.7. The van der Waals surface area contributed by atoms with Crippen molar-refractivity contribution in [3.8, 4) is 0 Å². The van der Waals surface area contributed by atoms with E-state index in [-0.39, 0.29) is 4.83 Å². The van der Waals surface area contributed by atoms with Crippen molar-refractivity contribution in [1.82, 2.24) is 0 Å². The normalized spacial score (nSPS) is 12.8. The third-order valence-corrected chi connectivity index (χ3v) is 5.76. The van der Waals surface area contributed by atoms with Crippen molar-refractivity contribution in [2.75, 3.05) is 0 Å². The number of alkyl halides is 1. The number of hydrogen-bond acceptors (Lipinski definition) is 1. The fourth-order valence-electron chi connectivity index (χ4n) is 1.40. The molecule has 0 fully saturated rings. The minimum atomic E-state index is 0.219. The largest absolute Gasteiger partial charge is 0.127 e. The molecule has 0 nitrogen and oxygen atoms in total. The Hall–Kier alpha value is 0.170. The lowest BCUT2D eigenvalue weighted by Crippen LogP contribution is -1.88. The molecule has 84 valence electrons. The third-order valence-electron chi connectivity index (χ3n) is 2.29. The number of aryl methyl sites for hydroxylation is 1. The third kappa shape index (κ3) is 2.70. The molecule has 0 radical (unpaired) electrons. The molecule has 0 spiro atoms. The maximum absolute atomic E-state index is 6.08. The molecule has 1 aromatic carbocycles. The summed E-state index contributed by atoms with van der Waals surface area (Å²) < 4.78 is 1.97. The Morgan fingerprint density at radius 3 is 2.38 bits per heavy atom. The summed E-state index contributed by atoms with van der Waals surface area (Å²) in [4.78, 5) is 1.46. The van der Waals surface area contributed by atoms with Crippen LogP contribution in [0.5, 0.6) is 0 Å². The number of benzene rings is 1. The van der Waals surface area contributed by atoms with Gasteiger partial charge in [0.1, 0.15) is 0 Å². The molecule has 0 aliphatic rings. The van der Waals surface area contributed by atoms with Crippen LogP contribution in [-0.4, -0.2) is 0 Å². The van der Waals surface area contributed by atoms with E-state index in [0.29, 0.717) is 0 Å². The Morgan fingerprint density at radius 2 is 1.88 bits per heavy atom. The van der Waals surface area contributed by atoms with Gasteiger partial charge in [0.05, 0.1) is 9.16 Å². The van der Waals surface area contributed by atoms with E-state index < -0.39 is 0 Å². The number of thiophene rings is 1. The average Bonchev–Trinajstić information content (AvgIpc) is 2.59. The van der Waals surface area contributed by atoms with E-state index in [1.165, 1.54) is 10.4 Å². The van der Waals surface area contributed by atoms with Gasteiger partial charge in [-0.1, -0.05) is 55.6 Å². The highest BCUT2D eigenvalue weighted by molar-refractivity contribution is 9.10. The molecule has 4 heteroatoms. The van der Waals surface area contributed by atoms with Gasteiger partial charge in [0.25, 0.3) is 0 Å². The number of halogens is 3. The Bertz CT molecular complexity index is 471. The molecule has 1 aromatic heterocycles. The minimum Gasteiger partial charge on any atom is -0.127 e. The molecule has 0 aliphatic carbocycles. The maximum atomic E-state index is 6.08. The summed E-state index contributed by atoms with van der Waals surface area (Å²) in [5.74, 6) is 0. The molecule has 16 heavy (non-hydrogen) atoms. The first-order valence-corrected chi connectivity index (χ1v) is 7.63. The second-order valence-corrected chi connectivity index (χ2v) is 7.04. The van der Waals surface area contributed by atoms with Crippen LogP contribution in [0.15, 0.2) is 34.8 Å². The van der Waals surface area contributed by atoms with Crippen molar-refractivity contribution >= 4 is 54.8 Å². The summed E-state index contributed by atoms with van der Waals surface area (Å²) >= 11 is 14.8. The van der Waals surface area contributed by atoms with E-state index in [1.54, 1.807) is 11.3 Å². The van der Waals surface area contributed by atoms with Crippen LogP contribution in [0.3, 0.4) is 0 Å². The molecule has 0 saturated carbocycles. The molecule has 0 N–H and O–H groups in total. The first kappa shape index (κ1) is 12.6. The standard InChI is InChI=1S/C12H9Br2ClS/c1-7-6-10(16-12(7)15)11(14)8-2-4-9(13)5-3-8/h2-6,11H,1H3. The second-order valence-electron chi connectivity index (χ2n) is 3.52. The van der Waals surface area contributed by atoms with Gasteiger partial charge in [-0.05, 0) is 36.2 Å². The van der Waals surface area contributed by atoms with Crippen LogP contribution < -0.4 is 0 Å². The van der Waals surface area contributed by atoms with Crippen LogP contribution in [-0.2, 0) is 0 Å². The van der Waals surface area contributed by atoms with E-state index >= 15 is 0 Å². The predicted molar refractivity (Wildman–Crippen MR) is 79.0 cm³/mol. The van der Waals surface area contributed by atoms with Crippen LogP contribution in [0, 0.1) is 6.92 Å². The molecular formula is C12H9Br2ClS. The summed E-state index contributed by atoms with van der Waals surface area (Å²) in [7, 11) is 0. The van der Waals surface area contributed by atoms with Crippen LogP contribution in [0.4, 0.5) is 0 Å².